The van der Waals surface area contributed by atoms with Gasteiger partial charge in [0.25, 0.3) is 0 Å². The first-order chi connectivity index (χ1) is 13.2. The highest BCUT2D eigenvalue weighted by atomic mass is 35.5. The molecule has 6 nitrogen and oxygen atoms in total. The lowest BCUT2D eigenvalue weighted by molar-refractivity contribution is -0.121. The molecule has 0 bridgehead atoms. The van der Waals surface area contributed by atoms with Gasteiger partial charge < -0.3 is 10.1 Å². The quantitative estimate of drug-likeness (QED) is 0.627. The number of aryl methyl sites for hydroxylation is 1. The van der Waals surface area contributed by atoms with Gasteiger partial charge in [-0.1, -0.05) is 30.7 Å². The molecular formula is C20H25ClN2O4S. The summed E-state index contributed by atoms with van der Waals surface area (Å²) in [6, 6.07) is 13.1. The molecule has 0 spiro atoms. The number of benzene rings is 2. The van der Waals surface area contributed by atoms with E-state index in [0.717, 1.165) is 22.7 Å². The molecule has 0 fully saturated rings. The number of amides is 1. The van der Waals surface area contributed by atoms with Gasteiger partial charge in [-0.2, -0.15) is 0 Å². The van der Waals surface area contributed by atoms with Crippen LogP contribution in [0.25, 0.3) is 0 Å². The maximum Gasteiger partial charge on any atom is 0.243 e. The maximum atomic E-state index is 12.5. The molecule has 0 radical (unpaired) electrons. The zero-order valence-corrected chi connectivity index (χ0v) is 17.8. The Hall–Kier alpha value is -2.25. The molecule has 2 aromatic carbocycles. The minimum absolute atomic E-state index is 0.261. The number of ether oxygens (including phenoxy) is 1. The summed E-state index contributed by atoms with van der Waals surface area (Å²) in [6.07, 6.45) is 2.02. The first-order valence-electron chi connectivity index (χ1n) is 8.96. The van der Waals surface area contributed by atoms with Gasteiger partial charge in [-0.25, -0.2) is 8.42 Å². The van der Waals surface area contributed by atoms with Crippen LogP contribution in [0.15, 0.2) is 48.5 Å². The highest BCUT2D eigenvalue weighted by molar-refractivity contribution is 7.92. The van der Waals surface area contributed by atoms with Crippen molar-refractivity contribution in [2.45, 2.75) is 26.3 Å². The van der Waals surface area contributed by atoms with Crippen LogP contribution in [0.1, 0.15) is 19.4 Å². The lowest BCUT2D eigenvalue weighted by atomic mass is 10.2. The van der Waals surface area contributed by atoms with Gasteiger partial charge in [-0.3, -0.25) is 9.10 Å². The number of sulfonamides is 1. The number of hydrogen-bond donors (Lipinski definition) is 1. The van der Waals surface area contributed by atoms with Gasteiger partial charge in [0.15, 0.2) is 0 Å². The smallest absolute Gasteiger partial charge is 0.243 e. The number of carbonyl (C=O) groups excluding carboxylic acids is 1. The number of nitrogens with zero attached hydrogens (tertiary/aromatic N) is 1. The average molecular weight is 425 g/mol. The number of halogens is 1. The molecule has 0 aromatic heterocycles. The van der Waals surface area contributed by atoms with Crippen molar-refractivity contribution in [1.29, 1.82) is 0 Å². The lowest BCUT2D eigenvalue weighted by Crippen LogP contribution is -2.48. The predicted molar refractivity (Wildman–Crippen MR) is 113 cm³/mol. The summed E-state index contributed by atoms with van der Waals surface area (Å²) < 4.78 is 31.1. The maximum absolute atomic E-state index is 12.5. The molecule has 1 amide bonds. The van der Waals surface area contributed by atoms with Crippen molar-refractivity contribution in [1.82, 2.24) is 5.32 Å². The summed E-state index contributed by atoms with van der Waals surface area (Å²) >= 11 is 5.86. The summed E-state index contributed by atoms with van der Waals surface area (Å²) in [7, 11) is -3.66. The van der Waals surface area contributed by atoms with Gasteiger partial charge in [0, 0.05) is 5.02 Å². The minimum atomic E-state index is -3.66. The van der Waals surface area contributed by atoms with Crippen molar-refractivity contribution in [3.05, 3.63) is 59.1 Å². The molecule has 1 N–H and O–H groups in total. The third kappa shape index (κ3) is 6.14. The number of anilines is 1. The molecule has 0 aliphatic rings. The molecule has 0 unspecified atom stereocenters. The largest absolute Gasteiger partial charge is 0.492 e. The van der Waals surface area contributed by atoms with Gasteiger partial charge in [0.1, 0.15) is 18.4 Å². The van der Waals surface area contributed by atoms with E-state index in [1.807, 2.05) is 24.3 Å². The molecule has 2 rings (SSSR count). The zero-order valence-electron chi connectivity index (χ0n) is 16.2. The lowest BCUT2D eigenvalue weighted by Gasteiger charge is -2.28. The zero-order chi connectivity index (χ0) is 20.7. The van der Waals surface area contributed by atoms with E-state index in [1.54, 1.807) is 24.3 Å². The Morgan fingerprint density at radius 1 is 1.14 bits per heavy atom. The second-order valence-corrected chi connectivity index (χ2v) is 8.64. The van der Waals surface area contributed by atoms with Crippen LogP contribution >= 0.6 is 11.6 Å². The molecule has 0 heterocycles. The molecule has 0 saturated carbocycles. The summed E-state index contributed by atoms with van der Waals surface area (Å²) in [5, 5.41) is 3.20. The first kappa shape index (κ1) is 22.0. The molecular weight excluding hydrogens is 400 g/mol. The fourth-order valence-electron chi connectivity index (χ4n) is 2.71. The fraction of sp³-hybridized carbons (Fsp3) is 0.350. The number of carbonyl (C=O) groups is 1. The number of nitrogens with one attached hydrogen (secondary N) is 1. The van der Waals surface area contributed by atoms with Crippen molar-refractivity contribution >= 4 is 33.2 Å². The van der Waals surface area contributed by atoms with Crippen LogP contribution in [0, 0.1) is 0 Å². The van der Waals surface area contributed by atoms with Crippen LogP contribution < -0.4 is 14.4 Å². The monoisotopic (exact) mass is 424 g/mol. The van der Waals surface area contributed by atoms with E-state index >= 15 is 0 Å². The topological polar surface area (TPSA) is 75.7 Å². The molecule has 0 saturated heterocycles. The van der Waals surface area contributed by atoms with Crippen LogP contribution in [-0.4, -0.2) is 39.8 Å². The Labute approximate surface area is 171 Å². The fourth-order valence-corrected chi connectivity index (χ4v) is 4.01. The molecule has 1 atom stereocenters. The van der Waals surface area contributed by atoms with Crippen molar-refractivity contribution in [3.63, 3.8) is 0 Å². The predicted octanol–water partition coefficient (Wildman–Crippen LogP) is 3.25. The van der Waals surface area contributed by atoms with Crippen LogP contribution in [0.2, 0.25) is 5.02 Å². The Kier molecular flexibility index (Phi) is 7.71. The van der Waals surface area contributed by atoms with Gasteiger partial charge in [0.05, 0.1) is 18.5 Å². The van der Waals surface area contributed by atoms with Crippen molar-refractivity contribution in [3.8, 4) is 5.75 Å². The van der Waals surface area contributed by atoms with Gasteiger partial charge in [-0.15, -0.1) is 0 Å². The third-order valence-electron chi connectivity index (χ3n) is 4.17. The van der Waals surface area contributed by atoms with Crippen LogP contribution in [0.3, 0.4) is 0 Å². The Morgan fingerprint density at radius 2 is 1.75 bits per heavy atom. The molecule has 28 heavy (non-hydrogen) atoms. The van der Waals surface area contributed by atoms with E-state index in [1.165, 1.54) is 12.5 Å². The third-order valence-corrected chi connectivity index (χ3v) is 5.66. The van der Waals surface area contributed by atoms with Crippen molar-refractivity contribution in [2.24, 2.45) is 0 Å². The standard InChI is InChI=1S/C20H25ClN2O4S/c1-4-16-5-11-19(12-6-16)27-14-13-22-20(24)15(2)23(28(3,25)26)18-9-7-17(21)8-10-18/h5-12,15H,4,13-14H2,1-3H3,(H,22,24)/t15-/m0/s1. The van der Waals surface area contributed by atoms with Crippen molar-refractivity contribution in [2.75, 3.05) is 23.7 Å². The van der Waals surface area contributed by atoms with E-state index in [9.17, 15) is 13.2 Å². The van der Waals surface area contributed by atoms with E-state index in [2.05, 4.69) is 12.2 Å². The molecule has 8 heteroatoms. The number of hydrogen-bond acceptors (Lipinski definition) is 4. The van der Waals surface area contributed by atoms with Gasteiger partial charge in [0.2, 0.25) is 15.9 Å². The minimum Gasteiger partial charge on any atom is -0.492 e. The molecule has 2 aromatic rings. The summed E-state index contributed by atoms with van der Waals surface area (Å²) in [5.74, 6) is 0.309. The normalized spacial score (nSPS) is 12.3. The van der Waals surface area contributed by atoms with E-state index in [4.69, 9.17) is 16.3 Å². The second kappa shape index (κ2) is 9.80. The Balaban J connectivity index is 1.94. The Bertz CT molecular complexity index is 883. The average Bonchev–Trinajstić information content (AvgIpc) is 2.66. The van der Waals surface area contributed by atoms with E-state index in [-0.39, 0.29) is 13.2 Å². The van der Waals surface area contributed by atoms with E-state index < -0.39 is 22.0 Å². The summed E-state index contributed by atoms with van der Waals surface area (Å²) in [6.45, 7) is 4.16. The second-order valence-electron chi connectivity index (χ2n) is 6.35. The number of rotatable bonds is 9. The molecule has 0 aliphatic heterocycles. The van der Waals surface area contributed by atoms with Crippen molar-refractivity contribution < 1.29 is 17.9 Å². The van der Waals surface area contributed by atoms with Crippen LogP contribution in [-0.2, 0) is 21.2 Å². The molecule has 0 aliphatic carbocycles. The highest BCUT2D eigenvalue weighted by Gasteiger charge is 2.28. The summed E-state index contributed by atoms with van der Waals surface area (Å²) in [4.78, 5) is 12.5. The highest BCUT2D eigenvalue weighted by Crippen LogP contribution is 2.23. The first-order valence-corrected chi connectivity index (χ1v) is 11.2. The van der Waals surface area contributed by atoms with E-state index in [0.29, 0.717) is 10.7 Å². The van der Waals surface area contributed by atoms with Crippen LogP contribution in [0.4, 0.5) is 5.69 Å². The van der Waals surface area contributed by atoms with Crippen LogP contribution in [0.5, 0.6) is 5.75 Å². The Morgan fingerprint density at radius 3 is 2.29 bits per heavy atom. The summed E-state index contributed by atoms with van der Waals surface area (Å²) in [5.41, 5.74) is 1.60. The SMILES string of the molecule is CCc1ccc(OCCNC(=O)[C@H](C)N(c2ccc(Cl)cc2)S(C)(=O)=O)cc1. The van der Waals surface area contributed by atoms with Gasteiger partial charge in [-0.05, 0) is 55.3 Å². The molecule has 152 valence electrons. The van der Waals surface area contributed by atoms with Gasteiger partial charge >= 0.3 is 0 Å².